The molecule has 0 bridgehead atoms. The Morgan fingerprint density at radius 2 is 1.73 bits per heavy atom. The molecule has 0 spiro atoms. The molecule has 0 fully saturated rings. The van der Waals surface area contributed by atoms with Crippen LogP contribution in [-0.2, 0) is 21.0 Å². The number of pyridine rings is 1. The van der Waals surface area contributed by atoms with Gasteiger partial charge in [0.1, 0.15) is 12.4 Å². The number of nitrogens with zero attached hydrogens (tertiary/aromatic N) is 2. The fourth-order valence-electron chi connectivity index (χ4n) is 3.28. The summed E-state index contributed by atoms with van der Waals surface area (Å²) in [6, 6.07) is 14.5. The molecule has 1 aromatic heterocycles. The van der Waals surface area contributed by atoms with Crippen molar-refractivity contribution in [1.82, 2.24) is 15.5 Å². The molecule has 0 unspecified atom stereocenters. The van der Waals surface area contributed by atoms with Crippen LogP contribution in [0.4, 0.5) is 13.2 Å². The van der Waals surface area contributed by atoms with E-state index in [1.54, 1.807) is 0 Å². The molecule has 3 aromatic rings. The average molecular weight is 521 g/mol. The van der Waals surface area contributed by atoms with Crippen molar-refractivity contribution < 1.29 is 47.4 Å². The summed E-state index contributed by atoms with van der Waals surface area (Å²) >= 11 is 0. The summed E-state index contributed by atoms with van der Waals surface area (Å²) in [4.78, 5) is 44.3. The maximum Gasteiger partial charge on any atom is 0.493 e. The highest BCUT2D eigenvalue weighted by atomic mass is 19.4. The molecular weight excluding hydrogens is 499 g/mol. The fourth-order valence-corrected chi connectivity index (χ4v) is 3.28. The van der Waals surface area contributed by atoms with Crippen molar-refractivity contribution in [2.45, 2.75) is 32.2 Å². The third-order valence-corrected chi connectivity index (χ3v) is 5.12. The molecule has 196 valence electrons. The minimum Gasteiger partial charge on any atom is -0.489 e. The molecule has 0 aliphatic heterocycles. The third-order valence-electron chi connectivity index (χ3n) is 5.12. The lowest BCUT2D eigenvalue weighted by Crippen LogP contribution is -2.53. The van der Waals surface area contributed by atoms with Crippen LogP contribution >= 0.6 is 0 Å². The zero-order chi connectivity index (χ0) is 27.4. The van der Waals surface area contributed by atoms with E-state index in [9.17, 15) is 32.7 Å². The Bertz CT molecular complexity index is 1310. The van der Waals surface area contributed by atoms with E-state index in [-0.39, 0.29) is 17.2 Å². The summed E-state index contributed by atoms with van der Waals surface area (Å²) < 4.78 is 43.9. The van der Waals surface area contributed by atoms with Gasteiger partial charge in [-0.15, -0.1) is 0 Å². The minimum atomic E-state index is -5.46. The van der Waals surface area contributed by atoms with Crippen molar-refractivity contribution in [3.05, 3.63) is 71.4 Å². The second kappa shape index (κ2) is 10.8. The van der Waals surface area contributed by atoms with Crippen molar-refractivity contribution in [2.24, 2.45) is 0 Å². The fraction of sp³-hybridized carbons (Fsp3) is 0.250. The molecular formula is C24H22F3N3O7. The Kier molecular flexibility index (Phi) is 7.99. The van der Waals surface area contributed by atoms with Crippen LogP contribution in [0.2, 0.25) is 0 Å². The zero-order valence-electron chi connectivity index (χ0n) is 19.6. The molecule has 13 heteroatoms. The van der Waals surface area contributed by atoms with Gasteiger partial charge < -0.3 is 14.7 Å². The first-order valence-corrected chi connectivity index (χ1v) is 10.7. The monoisotopic (exact) mass is 521 g/mol. The number of amides is 2. The number of carbonyl (C=O) groups excluding carboxylic acids is 3. The lowest BCUT2D eigenvalue weighted by molar-refractivity contribution is -0.233. The number of aromatic nitrogens is 1. The Balaban J connectivity index is 1.78. The topological polar surface area (TPSA) is 138 Å². The Morgan fingerprint density at radius 3 is 2.35 bits per heavy atom. The van der Waals surface area contributed by atoms with Crippen LogP contribution in [0.15, 0.2) is 54.6 Å². The number of halogens is 3. The Morgan fingerprint density at radius 1 is 1.08 bits per heavy atom. The van der Waals surface area contributed by atoms with Gasteiger partial charge in [-0.1, -0.05) is 18.2 Å². The molecule has 0 aliphatic rings. The van der Waals surface area contributed by atoms with E-state index >= 15 is 0 Å². The zero-order valence-corrected chi connectivity index (χ0v) is 19.6. The normalized spacial score (nSPS) is 12.9. The highest BCUT2D eigenvalue weighted by Crippen LogP contribution is 2.23. The first kappa shape index (κ1) is 27.4. The van der Waals surface area contributed by atoms with E-state index in [2.05, 4.69) is 9.82 Å². The van der Waals surface area contributed by atoms with E-state index in [1.807, 2.05) is 37.3 Å². The standard InChI is InChI=1S/C24H22F3N3O7/c1-14-11-16(18-5-3-4-6-19(18)28-14)12-36-17-9-7-15(8-10-17)20(31)30(37-22(33)24(25,26)27)13-23(2,34)21(32)29-35/h3-11,34-35H,12-13H2,1-2H3,(H,29,32)/t23-/m0/s1. The van der Waals surface area contributed by atoms with Gasteiger partial charge in [-0.3, -0.25) is 19.8 Å². The quantitative estimate of drug-likeness (QED) is 0.319. The number of hydroxylamine groups is 3. The van der Waals surface area contributed by atoms with E-state index in [1.165, 1.54) is 24.3 Å². The van der Waals surface area contributed by atoms with Crippen molar-refractivity contribution >= 4 is 28.7 Å². The number of aryl methyl sites for hydroxylation is 1. The summed E-state index contributed by atoms with van der Waals surface area (Å²) in [6.45, 7) is 1.58. The van der Waals surface area contributed by atoms with Gasteiger partial charge in [-0.05, 0) is 50.2 Å². The van der Waals surface area contributed by atoms with Gasteiger partial charge in [-0.25, -0.2) is 10.3 Å². The van der Waals surface area contributed by atoms with Crippen molar-refractivity contribution in [3.63, 3.8) is 0 Å². The molecule has 0 aliphatic carbocycles. The van der Waals surface area contributed by atoms with Crippen molar-refractivity contribution in [3.8, 4) is 5.75 Å². The third kappa shape index (κ3) is 6.71. The molecule has 10 nitrogen and oxygen atoms in total. The first-order chi connectivity index (χ1) is 17.3. The summed E-state index contributed by atoms with van der Waals surface area (Å²) in [5.41, 5.74) is 0.704. The SMILES string of the molecule is Cc1cc(COc2ccc(C(=O)N(C[C@](C)(O)C(=O)NO)OC(=O)C(F)(F)F)cc2)c2ccccc2n1. The second-order valence-electron chi connectivity index (χ2n) is 8.19. The molecule has 37 heavy (non-hydrogen) atoms. The molecule has 0 saturated heterocycles. The highest BCUT2D eigenvalue weighted by molar-refractivity contribution is 5.95. The molecule has 0 saturated carbocycles. The van der Waals surface area contributed by atoms with Gasteiger partial charge in [0.15, 0.2) is 5.60 Å². The van der Waals surface area contributed by atoms with Crippen molar-refractivity contribution in [1.29, 1.82) is 0 Å². The number of nitrogens with one attached hydrogen (secondary N) is 1. The number of fused-ring (bicyclic) bond motifs is 1. The number of rotatable bonds is 7. The van der Waals surface area contributed by atoms with Gasteiger partial charge in [0.05, 0.1) is 12.1 Å². The molecule has 3 rings (SSSR count). The van der Waals surface area contributed by atoms with E-state index in [4.69, 9.17) is 9.94 Å². The maximum absolute atomic E-state index is 12.8. The van der Waals surface area contributed by atoms with Crippen molar-refractivity contribution in [2.75, 3.05) is 6.54 Å². The average Bonchev–Trinajstić information content (AvgIpc) is 2.85. The number of alkyl halides is 3. The van der Waals surface area contributed by atoms with Gasteiger partial charge >= 0.3 is 12.1 Å². The smallest absolute Gasteiger partial charge is 0.489 e. The van der Waals surface area contributed by atoms with Crippen LogP contribution in [0.3, 0.4) is 0 Å². The first-order valence-electron chi connectivity index (χ1n) is 10.7. The van der Waals surface area contributed by atoms with Crippen LogP contribution in [0.25, 0.3) is 10.9 Å². The molecule has 2 aromatic carbocycles. The summed E-state index contributed by atoms with van der Waals surface area (Å²) in [6.07, 6.45) is -5.46. The van der Waals surface area contributed by atoms with Crippen LogP contribution in [0, 0.1) is 6.92 Å². The van der Waals surface area contributed by atoms with Gasteiger partial charge in [0, 0.05) is 22.2 Å². The molecule has 3 N–H and O–H groups in total. The molecule has 1 heterocycles. The number of benzene rings is 2. The van der Waals surface area contributed by atoms with E-state index < -0.39 is 36.1 Å². The maximum atomic E-state index is 12.8. The second-order valence-corrected chi connectivity index (χ2v) is 8.19. The predicted octanol–water partition coefficient (Wildman–Crippen LogP) is 2.84. The van der Waals surface area contributed by atoms with Crippen LogP contribution in [0.5, 0.6) is 5.75 Å². The highest BCUT2D eigenvalue weighted by Gasteiger charge is 2.45. The van der Waals surface area contributed by atoms with Crippen LogP contribution in [0.1, 0.15) is 28.5 Å². The van der Waals surface area contributed by atoms with Gasteiger partial charge in [0.25, 0.3) is 11.8 Å². The van der Waals surface area contributed by atoms with Crippen LogP contribution < -0.4 is 10.2 Å². The summed E-state index contributed by atoms with van der Waals surface area (Å²) in [5.74, 6) is -5.15. The lowest BCUT2D eigenvalue weighted by Gasteiger charge is -2.28. The minimum absolute atomic E-state index is 0.118. The van der Waals surface area contributed by atoms with E-state index in [0.717, 1.165) is 34.6 Å². The van der Waals surface area contributed by atoms with Gasteiger partial charge in [-0.2, -0.15) is 18.2 Å². The number of hydrogen-bond donors (Lipinski definition) is 3. The number of aliphatic hydroxyl groups is 1. The number of hydrogen-bond acceptors (Lipinski definition) is 8. The van der Waals surface area contributed by atoms with E-state index in [0.29, 0.717) is 5.75 Å². The lowest BCUT2D eigenvalue weighted by atomic mass is 10.1. The number of carbonyl (C=O) groups is 3. The molecule has 1 atom stereocenters. The summed E-state index contributed by atoms with van der Waals surface area (Å²) in [7, 11) is 0. The number of para-hydroxylation sites is 1. The molecule has 0 radical (unpaired) electrons. The number of ether oxygens (including phenoxy) is 1. The van der Waals surface area contributed by atoms with Crippen LogP contribution in [-0.4, -0.2) is 56.5 Å². The predicted molar refractivity (Wildman–Crippen MR) is 121 cm³/mol. The molecule has 2 amide bonds. The largest absolute Gasteiger partial charge is 0.493 e. The summed E-state index contributed by atoms with van der Waals surface area (Å²) in [5, 5.41) is 19.6. The Labute approximate surface area is 208 Å². The van der Waals surface area contributed by atoms with Gasteiger partial charge in [0.2, 0.25) is 0 Å². The Hall–Kier alpha value is -4.23.